The lowest BCUT2D eigenvalue weighted by Gasteiger charge is -1.98. The van der Waals surface area contributed by atoms with Crippen molar-refractivity contribution in [2.24, 2.45) is 0 Å². The third kappa shape index (κ3) is 2.44. The second-order valence-corrected chi connectivity index (χ2v) is 3.27. The van der Waals surface area contributed by atoms with Gasteiger partial charge in [-0.15, -0.1) is 0 Å². The standard InChI is InChI=1S/C12H11NO4/c1-2-16-12(15)9(14)7-11-13-8-5-3-4-6-10(8)17-11/h3-7,14H,2H2,1H3/b9-7-. The van der Waals surface area contributed by atoms with E-state index < -0.39 is 11.7 Å². The van der Waals surface area contributed by atoms with E-state index in [2.05, 4.69) is 9.72 Å². The predicted octanol–water partition coefficient (Wildman–Crippen LogP) is 2.29. The van der Waals surface area contributed by atoms with Crippen LogP contribution in [0.3, 0.4) is 0 Å². The highest BCUT2D eigenvalue weighted by Crippen LogP contribution is 2.16. The monoisotopic (exact) mass is 233 g/mol. The molecule has 1 aromatic heterocycles. The molecule has 88 valence electrons. The first kappa shape index (κ1) is 11.2. The Kier molecular flexibility index (Phi) is 3.09. The number of aromatic nitrogens is 1. The molecule has 2 rings (SSSR count). The number of nitrogens with zero attached hydrogens (tertiary/aromatic N) is 1. The number of fused-ring (bicyclic) bond motifs is 1. The van der Waals surface area contributed by atoms with Crippen LogP contribution in [0.15, 0.2) is 34.4 Å². The van der Waals surface area contributed by atoms with E-state index in [9.17, 15) is 9.90 Å². The maximum atomic E-state index is 11.2. The van der Waals surface area contributed by atoms with Crippen molar-refractivity contribution in [3.05, 3.63) is 35.9 Å². The molecular weight excluding hydrogens is 222 g/mol. The van der Waals surface area contributed by atoms with Gasteiger partial charge < -0.3 is 14.3 Å². The number of carbonyl (C=O) groups excluding carboxylic acids is 1. The number of benzene rings is 1. The molecule has 0 radical (unpaired) electrons. The molecule has 5 heteroatoms. The summed E-state index contributed by atoms with van der Waals surface area (Å²) in [5.41, 5.74) is 1.26. The summed E-state index contributed by atoms with van der Waals surface area (Å²) >= 11 is 0. The highest BCUT2D eigenvalue weighted by atomic mass is 16.5. The molecule has 0 atom stereocenters. The normalized spacial score (nSPS) is 11.7. The van der Waals surface area contributed by atoms with Crippen LogP contribution >= 0.6 is 0 Å². The Balaban J connectivity index is 2.28. The lowest BCUT2D eigenvalue weighted by molar-refractivity contribution is -0.141. The van der Waals surface area contributed by atoms with Crippen LogP contribution < -0.4 is 0 Å². The first-order chi connectivity index (χ1) is 8.20. The molecule has 0 aliphatic rings. The molecule has 1 N–H and O–H groups in total. The maximum absolute atomic E-state index is 11.2. The van der Waals surface area contributed by atoms with Gasteiger partial charge in [0.05, 0.1) is 12.7 Å². The second-order valence-electron chi connectivity index (χ2n) is 3.27. The van der Waals surface area contributed by atoms with Crippen molar-refractivity contribution in [1.82, 2.24) is 4.98 Å². The largest absolute Gasteiger partial charge is 0.502 e. The van der Waals surface area contributed by atoms with Crippen LogP contribution in [0.5, 0.6) is 0 Å². The van der Waals surface area contributed by atoms with Crippen LogP contribution in [0.1, 0.15) is 12.8 Å². The summed E-state index contributed by atoms with van der Waals surface area (Å²) in [4.78, 5) is 15.2. The summed E-state index contributed by atoms with van der Waals surface area (Å²) in [5.74, 6) is -1.16. The van der Waals surface area contributed by atoms with Crippen molar-refractivity contribution < 1.29 is 19.1 Å². The fraction of sp³-hybridized carbons (Fsp3) is 0.167. The first-order valence-corrected chi connectivity index (χ1v) is 5.14. The third-order valence-electron chi connectivity index (χ3n) is 2.06. The number of aliphatic hydroxyl groups is 1. The molecule has 5 nitrogen and oxygen atoms in total. The van der Waals surface area contributed by atoms with Gasteiger partial charge in [-0.2, -0.15) is 0 Å². The van der Waals surface area contributed by atoms with E-state index >= 15 is 0 Å². The van der Waals surface area contributed by atoms with Crippen LogP contribution in [0.4, 0.5) is 0 Å². The lowest BCUT2D eigenvalue weighted by atomic mass is 10.3. The van der Waals surface area contributed by atoms with Crippen LogP contribution in [0, 0.1) is 0 Å². The van der Waals surface area contributed by atoms with Gasteiger partial charge in [-0.3, -0.25) is 0 Å². The van der Waals surface area contributed by atoms with Gasteiger partial charge in [-0.25, -0.2) is 9.78 Å². The highest BCUT2D eigenvalue weighted by Gasteiger charge is 2.10. The van der Waals surface area contributed by atoms with Gasteiger partial charge in [0.1, 0.15) is 5.52 Å². The lowest BCUT2D eigenvalue weighted by Crippen LogP contribution is -2.06. The molecule has 17 heavy (non-hydrogen) atoms. The van der Waals surface area contributed by atoms with Crippen molar-refractivity contribution in [1.29, 1.82) is 0 Å². The zero-order chi connectivity index (χ0) is 12.3. The molecule has 0 bridgehead atoms. The third-order valence-corrected chi connectivity index (χ3v) is 2.06. The molecular formula is C12H11NO4. The Hall–Kier alpha value is -2.30. The molecule has 0 unspecified atom stereocenters. The number of hydrogen-bond donors (Lipinski definition) is 1. The van der Waals surface area contributed by atoms with E-state index in [4.69, 9.17) is 4.42 Å². The van der Waals surface area contributed by atoms with Crippen LogP contribution in [0.2, 0.25) is 0 Å². The minimum absolute atomic E-state index is 0.164. The SMILES string of the molecule is CCOC(=O)/C(O)=C/c1nc2ccccc2o1. The fourth-order valence-corrected chi connectivity index (χ4v) is 1.33. The Bertz CT molecular complexity index is 538. The van der Waals surface area contributed by atoms with Crippen LogP contribution in [-0.4, -0.2) is 22.7 Å². The van der Waals surface area contributed by atoms with E-state index in [1.807, 2.05) is 12.1 Å². The Morgan fingerprint density at radius 1 is 1.53 bits per heavy atom. The molecule has 0 spiro atoms. The Labute approximate surface area is 97.3 Å². The topological polar surface area (TPSA) is 72.6 Å². The van der Waals surface area contributed by atoms with Crippen molar-refractivity contribution in [2.45, 2.75) is 6.92 Å². The number of carbonyl (C=O) groups is 1. The number of hydrogen-bond acceptors (Lipinski definition) is 5. The quantitative estimate of drug-likeness (QED) is 0.500. The molecule has 2 aromatic rings. The van der Waals surface area contributed by atoms with Crippen LogP contribution in [0.25, 0.3) is 17.2 Å². The number of para-hydroxylation sites is 2. The van der Waals surface area contributed by atoms with Gasteiger partial charge >= 0.3 is 5.97 Å². The minimum Gasteiger partial charge on any atom is -0.502 e. The number of esters is 1. The van der Waals surface area contributed by atoms with Gasteiger partial charge in [-0.1, -0.05) is 12.1 Å². The molecule has 1 heterocycles. The summed E-state index contributed by atoms with van der Waals surface area (Å²) in [6, 6.07) is 7.16. The number of rotatable bonds is 3. The summed E-state index contributed by atoms with van der Waals surface area (Å²) in [6.45, 7) is 1.86. The molecule has 0 saturated carbocycles. The highest BCUT2D eigenvalue weighted by molar-refractivity contribution is 5.90. The minimum atomic E-state index is -0.797. The predicted molar refractivity (Wildman–Crippen MR) is 61.2 cm³/mol. The van der Waals surface area contributed by atoms with Crippen molar-refractivity contribution in [3.8, 4) is 0 Å². The zero-order valence-electron chi connectivity index (χ0n) is 9.21. The average Bonchev–Trinajstić information content (AvgIpc) is 2.71. The number of ether oxygens (including phenoxy) is 1. The zero-order valence-corrected chi connectivity index (χ0v) is 9.21. The van der Waals surface area contributed by atoms with Gasteiger partial charge in [0, 0.05) is 0 Å². The number of aliphatic hydroxyl groups excluding tert-OH is 1. The molecule has 0 saturated heterocycles. The van der Waals surface area contributed by atoms with Crippen LogP contribution in [-0.2, 0) is 9.53 Å². The van der Waals surface area contributed by atoms with E-state index in [-0.39, 0.29) is 12.5 Å². The Morgan fingerprint density at radius 3 is 3.00 bits per heavy atom. The summed E-state index contributed by atoms with van der Waals surface area (Å²) in [5, 5.41) is 9.41. The first-order valence-electron chi connectivity index (χ1n) is 5.14. The average molecular weight is 233 g/mol. The molecule has 0 aliphatic carbocycles. The maximum Gasteiger partial charge on any atom is 0.373 e. The summed E-state index contributed by atoms with van der Waals surface area (Å²) < 4.78 is 9.93. The van der Waals surface area contributed by atoms with Gasteiger partial charge in [0.2, 0.25) is 11.6 Å². The Morgan fingerprint density at radius 2 is 2.29 bits per heavy atom. The van der Waals surface area contributed by atoms with Crippen molar-refractivity contribution in [3.63, 3.8) is 0 Å². The van der Waals surface area contributed by atoms with Crippen molar-refractivity contribution >= 4 is 23.1 Å². The van der Waals surface area contributed by atoms with Gasteiger partial charge in [0.15, 0.2) is 5.58 Å². The molecule has 0 aliphatic heterocycles. The fourth-order valence-electron chi connectivity index (χ4n) is 1.33. The molecule has 0 fully saturated rings. The van der Waals surface area contributed by atoms with E-state index in [1.54, 1.807) is 19.1 Å². The van der Waals surface area contributed by atoms with Crippen molar-refractivity contribution in [2.75, 3.05) is 6.61 Å². The smallest absolute Gasteiger partial charge is 0.373 e. The summed E-state index contributed by atoms with van der Waals surface area (Å²) in [7, 11) is 0. The molecule has 0 amide bonds. The number of oxazole rings is 1. The van der Waals surface area contributed by atoms with E-state index in [0.717, 1.165) is 6.08 Å². The van der Waals surface area contributed by atoms with E-state index in [0.29, 0.717) is 11.1 Å². The summed E-state index contributed by atoms with van der Waals surface area (Å²) in [6.07, 6.45) is 1.14. The van der Waals surface area contributed by atoms with Gasteiger partial charge in [0.25, 0.3) is 0 Å². The second kappa shape index (κ2) is 4.69. The molecule has 1 aromatic carbocycles. The van der Waals surface area contributed by atoms with Gasteiger partial charge in [-0.05, 0) is 19.1 Å². The van der Waals surface area contributed by atoms with E-state index in [1.165, 1.54) is 0 Å².